The molecular formula is C22H25ClN6O. The van der Waals surface area contributed by atoms with Gasteiger partial charge in [-0.1, -0.05) is 23.7 Å². The lowest BCUT2D eigenvalue weighted by atomic mass is 10.1. The molecule has 0 radical (unpaired) electrons. The molecule has 1 amide bonds. The van der Waals surface area contributed by atoms with E-state index >= 15 is 0 Å². The molecule has 0 atom stereocenters. The lowest BCUT2D eigenvalue weighted by molar-refractivity contribution is -0.130. The molecule has 0 unspecified atom stereocenters. The van der Waals surface area contributed by atoms with Crippen molar-refractivity contribution < 1.29 is 4.79 Å². The zero-order chi connectivity index (χ0) is 21.3. The summed E-state index contributed by atoms with van der Waals surface area (Å²) in [5.74, 6) is 2.48. The van der Waals surface area contributed by atoms with Crippen molar-refractivity contribution in [2.24, 2.45) is 0 Å². The van der Waals surface area contributed by atoms with Gasteiger partial charge in [0.15, 0.2) is 5.82 Å². The molecule has 0 spiro atoms. The van der Waals surface area contributed by atoms with Crippen molar-refractivity contribution in [3.8, 4) is 5.82 Å². The van der Waals surface area contributed by atoms with Crippen molar-refractivity contribution in [1.82, 2.24) is 24.6 Å². The number of carbonyl (C=O) groups is 1. The number of aromatic nitrogens is 4. The lowest BCUT2D eigenvalue weighted by Crippen LogP contribution is -2.49. The van der Waals surface area contributed by atoms with Crippen molar-refractivity contribution >= 4 is 23.3 Å². The summed E-state index contributed by atoms with van der Waals surface area (Å²) in [5.41, 5.74) is 2.97. The molecule has 30 heavy (non-hydrogen) atoms. The second-order valence-corrected chi connectivity index (χ2v) is 8.08. The molecule has 3 aromatic rings. The summed E-state index contributed by atoms with van der Waals surface area (Å²) in [4.78, 5) is 26.0. The first-order valence-electron chi connectivity index (χ1n) is 10.1. The number of amides is 1. The largest absolute Gasteiger partial charge is 0.353 e. The molecule has 1 aromatic carbocycles. The van der Waals surface area contributed by atoms with Crippen LogP contribution in [0.1, 0.15) is 22.8 Å². The predicted octanol–water partition coefficient (Wildman–Crippen LogP) is 3.13. The number of nitrogens with zero attached hydrogens (tertiary/aromatic N) is 6. The molecule has 0 saturated carbocycles. The van der Waals surface area contributed by atoms with E-state index in [1.165, 1.54) is 0 Å². The second-order valence-electron chi connectivity index (χ2n) is 7.64. The average molecular weight is 425 g/mol. The third-order valence-corrected chi connectivity index (χ3v) is 5.51. The van der Waals surface area contributed by atoms with Gasteiger partial charge in [0.05, 0.1) is 12.1 Å². The third-order valence-electron chi connectivity index (χ3n) is 5.26. The standard InChI is InChI=1S/C22H25ClN6O/c1-15-12-16(2)29(26-15)21-14-20(24-17(3)25-21)27-8-10-28(11-9-27)22(30)13-18-4-6-19(23)7-5-18/h4-7,12,14H,8-11,13H2,1-3H3. The first kappa shape index (κ1) is 20.3. The number of carbonyl (C=O) groups excluding carboxylic acids is 1. The van der Waals surface area contributed by atoms with Crippen molar-refractivity contribution in [2.45, 2.75) is 27.2 Å². The van der Waals surface area contributed by atoms with Gasteiger partial charge in [0.2, 0.25) is 5.91 Å². The van der Waals surface area contributed by atoms with Gasteiger partial charge in [-0.15, -0.1) is 0 Å². The lowest BCUT2D eigenvalue weighted by Gasteiger charge is -2.35. The van der Waals surface area contributed by atoms with Crippen LogP contribution in [-0.2, 0) is 11.2 Å². The maximum atomic E-state index is 12.7. The highest BCUT2D eigenvalue weighted by atomic mass is 35.5. The van der Waals surface area contributed by atoms with Gasteiger partial charge in [0.25, 0.3) is 0 Å². The summed E-state index contributed by atoms with van der Waals surface area (Å²) < 4.78 is 1.85. The molecule has 1 aliphatic rings. The van der Waals surface area contributed by atoms with Crippen molar-refractivity contribution in [3.05, 3.63) is 64.2 Å². The Bertz CT molecular complexity index is 1050. The Balaban J connectivity index is 1.43. The fourth-order valence-corrected chi connectivity index (χ4v) is 3.87. The van der Waals surface area contributed by atoms with Crippen molar-refractivity contribution in [2.75, 3.05) is 31.1 Å². The van der Waals surface area contributed by atoms with Crippen LogP contribution in [0.25, 0.3) is 5.82 Å². The maximum Gasteiger partial charge on any atom is 0.227 e. The highest BCUT2D eigenvalue weighted by molar-refractivity contribution is 6.30. The number of anilines is 1. The van der Waals surface area contributed by atoms with E-state index in [0.29, 0.717) is 30.4 Å². The van der Waals surface area contributed by atoms with E-state index in [1.807, 2.05) is 66.8 Å². The van der Waals surface area contributed by atoms with Crippen LogP contribution in [0.15, 0.2) is 36.4 Å². The number of piperazine rings is 1. The molecule has 8 heteroatoms. The van der Waals surface area contributed by atoms with Crippen LogP contribution >= 0.6 is 11.6 Å². The minimum atomic E-state index is 0.138. The Morgan fingerprint density at radius 3 is 2.27 bits per heavy atom. The molecule has 0 bridgehead atoms. The monoisotopic (exact) mass is 424 g/mol. The van der Waals surface area contributed by atoms with E-state index in [1.54, 1.807) is 0 Å². The number of halogens is 1. The summed E-state index contributed by atoms with van der Waals surface area (Å²) in [6, 6.07) is 11.4. The first-order valence-corrected chi connectivity index (χ1v) is 10.4. The number of hydrogen-bond acceptors (Lipinski definition) is 5. The number of aryl methyl sites for hydroxylation is 3. The third kappa shape index (κ3) is 4.46. The first-order chi connectivity index (χ1) is 14.4. The van der Waals surface area contributed by atoms with Gasteiger partial charge in [-0.25, -0.2) is 14.6 Å². The highest BCUT2D eigenvalue weighted by Crippen LogP contribution is 2.19. The van der Waals surface area contributed by atoms with E-state index in [9.17, 15) is 4.79 Å². The van der Waals surface area contributed by atoms with Crippen LogP contribution in [-0.4, -0.2) is 56.7 Å². The van der Waals surface area contributed by atoms with Crippen LogP contribution in [0, 0.1) is 20.8 Å². The molecule has 0 N–H and O–H groups in total. The molecule has 156 valence electrons. The molecule has 7 nitrogen and oxygen atoms in total. The molecule has 3 heterocycles. The minimum absolute atomic E-state index is 0.138. The summed E-state index contributed by atoms with van der Waals surface area (Å²) in [5, 5.41) is 5.22. The minimum Gasteiger partial charge on any atom is -0.353 e. The molecule has 2 aromatic heterocycles. The number of benzene rings is 1. The van der Waals surface area contributed by atoms with Gasteiger partial charge in [-0.2, -0.15) is 5.10 Å². The van der Waals surface area contributed by atoms with Gasteiger partial charge in [-0.05, 0) is 44.5 Å². The quantitative estimate of drug-likeness (QED) is 0.643. The topological polar surface area (TPSA) is 67.2 Å². The van der Waals surface area contributed by atoms with Crippen LogP contribution in [0.2, 0.25) is 5.02 Å². The Labute approximate surface area is 181 Å². The van der Waals surface area contributed by atoms with Crippen LogP contribution < -0.4 is 4.90 Å². The highest BCUT2D eigenvalue weighted by Gasteiger charge is 2.23. The van der Waals surface area contributed by atoms with Gasteiger partial charge in [0, 0.05) is 43.0 Å². The van der Waals surface area contributed by atoms with Crippen LogP contribution in [0.4, 0.5) is 5.82 Å². The zero-order valence-electron chi connectivity index (χ0n) is 17.5. The predicted molar refractivity (Wildman–Crippen MR) is 117 cm³/mol. The van der Waals surface area contributed by atoms with E-state index in [2.05, 4.69) is 20.0 Å². The molecule has 1 saturated heterocycles. The second kappa shape index (κ2) is 8.44. The van der Waals surface area contributed by atoms with E-state index < -0.39 is 0 Å². The summed E-state index contributed by atoms with van der Waals surface area (Å²) in [6.45, 7) is 8.69. The fraction of sp³-hybridized carbons (Fsp3) is 0.364. The average Bonchev–Trinajstić information content (AvgIpc) is 3.07. The molecule has 4 rings (SSSR count). The summed E-state index contributed by atoms with van der Waals surface area (Å²) >= 11 is 5.93. The van der Waals surface area contributed by atoms with Gasteiger partial charge < -0.3 is 9.80 Å². The SMILES string of the molecule is Cc1cc(C)n(-c2cc(N3CCN(C(=O)Cc4ccc(Cl)cc4)CC3)nc(C)n2)n1. The van der Waals surface area contributed by atoms with Crippen molar-refractivity contribution in [1.29, 1.82) is 0 Å². The van der Waals surface area contributed by atoms with Crippen LogP contribution in [0.5, 0.6) is 0 Å². The number of hydrogen-bond donors (Lipinski definition) is 0. The van der Waals surface area contributed by atoms with Crippen molar-refractivity contribution in [3.63, 3.8) is 0 Å². The Kier molecular flexibility index (Phi) is 5.72. The molecule has 1 fully saturated rings. The maximum absolute atomic E-state index is 12.7. The van der Waals surface area contributed by atoms with Crippen LogP contribution in [0.3, 0.4) is 0 Å². The van der Waals surface area contributed by atoms with E-state index in [0.717, 1.165) is 41.7 Å². The van der Waals surface area contributed by atoms with Gasteiger partial charge in [-0.3, -0.25) is 4.79 Å². The van der Waals surface area contributed by atoms with Gasteiger partial charge in [0.1, 0.15) is 11.6 Å². The zero-order valence-corrected chi connectivity index (χ0v) is 18.2. The van der Waals surface area contributed by atoms with Gasteiger partial charge >= 0.3 is 0 Å². The Morgan fingerprint density at radius 1 is 0.967 bits per heavy atom. The summed E-state index contributed by atoms with van der Waals surface area (Å²) in [7, 11) is 0. The normalized spacial score (nSPS) is 14.3. The Morgan fingerprint density at radius 2 is 1.63 bits per heavy atom. The molecule has 1 aliphatic heterocycles. The number of rotatable bonds is 4. The molecular weight excluding hydrogens is 400 g/mol. The summed E-state index contributed by atoms with van der Waals surface area (Å²) in [6.07, 6.45) is 0.395. The van der Waals surface area contributed by atoms with E-state index in [-0.39, 0.29) is 5.91 Å². The molecule has 0 aliphatic carbocycles. The fourth-order valence-electron chi connectivity index (χ4n) is 3.74. The van der Waals surface area contributed by atoms with E-state index in [4.69, 9.17) is 11.6 Å². The Hall–Kier alpha value is -2.93. The smallest absolute Gasteiger partial charge is 0.227 e.